The summed E-state index contributed by atoms with van der Waals surface area (Å²) >= 11 is 0. The molecule has 1 aromatic rings. The lowest BCUT2D eigenvalue weighted by Gasteiger charge is -2.17. The van der Waals surface area contributed by atoms with E-state index >= 15 is 0 Å². The van der Waals surface area contributed by atoms with Crippen molar-refractivity contribution in [2.45, 2.75) is 39.5 Å². The number of hydrogen-bond acceptors (Lipinski definition) is 1. The number of carboxylic acids is 1. The largest absolute Gasteiger partial charge is 0.481 e. The summed E-state index contributed by atoms with van der Waals surface area (Å²) in [5, 5.41) is 9.23. The molecule has 0 radical (unpaired) electrons. The lowest BCUT2D eigenvalue weighted by molar-refractivity contribution is -0.142. The lowest BCUT2D eigenvalue weighted by Crippen LogP contribution is -2.19. The SMILES string of the molecule is CCCC(C)CC(Cc1cccc(F)c1)C(=O)O. The average Bonchev–Trinajstić information content (AvgIpc) is 2.28. The quantitative estimate of drug-likeness (QED) is 0.799. The molecule has 1 rings (SSSR count). The van der Waals surface area contributed by atoms with Crippen molar-refractivity contribution in [2.75, 3.05) is 0 Å². The van der Waals surface area contributed by atoms with E-state index in [9.17, 15) is 14.3 Å². The van der Waals surface area contributed by atoms with Gasteiger partial charge in [0.1, 0.15) is 5.82 Å². The Morgan fingerprint density at radius 3 is 2.72 bits per heavy atom. The van der Waals surface area contributed by atoms with Gasteiger partial charge in [-0.15, -0.1) is 0 Å². The first-order chi connectivity index (χ1) is 8.52. The Balaban J connectivity index is 2.66. The third kappa shape index (κ3) is 4.86. The van der Waals surface area contributed by atoms with Gasteiger partial charge in [-0.05, 0) is 36.5 Å². The van der Waals surface area contributed by atoms with Gasteiger partial charge in [-0.25, -0.2) is 4.39 Å². The van der Waals surface area contributed by atoms with E-state index in [0.29, 0.717) is 18.8 Å². The summed E-state index contributed by atoms with van der Waals surface area (Å²) < 4.78 is 13.1. The second-order valence-electron chi connectivity index (χ2n) is 5.00. The number of halogens is 1. The summed E-state index contributed by atoms with van der Waals surface area (Å²) in [5.41, 5.74) is 0.756. The van der Waals surface area contributed by atoms with E-state index in [2.05, 4.69) is 13.8 Å². The fraction of sp³-hybridized carbons (Fsp3) is 0.533. The maximum Gasteiger partial charge on any atom is 0.306 e. The molecule has 0 heterocycles. The van der Waals surface area contributed by atoms with Gasteiger partial charge in [0.15, 0.2) is 0 Å². The van der Waals surface area contributed by atoms with Crippen LogP contribution in [0.5, 0.6) is 0 Å². The second-order valence-corrected chi connectivity index (χ2v) is 5.00. The molecular formula is C15H21FO2. The molecule has 0 aromatic heterocycles. The molecule has 0 aliphatic heterocycles. The molecule has 2 unspecified atom stereocenters. The van der Waals surface area contributed by atoms with Crippen LogP contribution < -0.4 is 0 Å². The maximum absolute atomic E-state index is 13.1. The van der Waals surface area contributed by atoms with Crippen molar-refractivity contribution in [2.24, 2.45) is 11.8 Å². The summed E-state index contributed by atoms with van der Waals surface area (Å²) in [6.45, 7) is 4.17. The monoisotopic (exact) mass is 252 g/mol. The van der Waals surface area contributed by atoms with E-state index in [1.54, 1.807) is 12.1 Å². The van der Waals surface area contributed by atoms with Gasteiger partial charge in [-0.1, -0.05) is 38.8 Å². The third-order valence-electron chi connectivity index (χ3n) is 3.19. The molecule has 0 bridgehead atoms. The van der Waals surface area contributed by atoms with E-state index in [-0.39, 0.29) is 5.82 Å². The third-order valence-corrected chi connectivity index (χ3v) is 3.19. The summed E-state index contributed by atoms with van der Waals surface area (Å²) in [6, 6.07) is 6.20. The van der Waals surface area contributed by atoms with Gasteiger partial charge in [0.2, 0.25) is 0 Å². The average molecular weight is 252 g/mol. The Morgan fingerprint density at radius 2 is 2.17 bits per heavy atom. The second kappa shape index (κ2) is 7.14. The summed E-state index contributed by atoms with van der Waals surface area (Å²) in [5.74, 6) is -1.13. The smallest absolute Gasteiger partial charge is 0.306 e. The molecule has 0 amide bonds. The Bertz CT molecular complexity index is 390. The van der Waals surface area contributed by atoms with Crippen LogP contribution in [0.25, 0.3) is 0 Å². The number of aliphatic carboxylic acids is 1. The minimum atomic E-state index is -0.790. The van der Waals surface area contributed by atoms with Crippen molar-refractivity contribution in [1.82, 2.24) is 0 Å². The summed E-state index contributed by atoms with van der Waals surface area (Å²) in [4.78, 5) is 11.2. The van der Waals surface area contributed by atoms with Gasteiger partial charge in [0, 0.05) is 0 Å². The highest BCUT2D eigenvalue weighted by molar-refractivity contribution is 5.70. The van der Waals surface area contributed by atoms with E-state index in [4.69, 9.17) is 0 Å². The predicted molar refractivity (Wildman–Crippen MR) is 69.9 cm³/mol. The molecule has 0 aliphatic carbocycles. The maximum atomic E-state index is 13.1. The van der Waals surface area contributed by atoms with Crippen LogP contribution >= 0.6 is 0 Å². The highest BCUT2D eigenvalue weighted by Gasteiger charge is 2.20. The zero-order chi connectivity index (χ0) is 13.5. The molecule has 0 saturated heterocycles. The highest BCUT2D eigenvalue weighted by atomic mass is 19.1. The molecule has 1 aromatic carbocycles. The van der Waals surface area contributed by atoms with Crippen LogP contribution in [0, 0.1) is 17.7 Å². The fourth-order valence-corrected chi connectivity index (χ4v) is 2.32. The molecule has 2 atom stereocenters. The van der Waals surface area contributed by atoms with Gasteiger partial charge in [0.05, 0.1) is 5.92 Å². The summed E-state index contributed by atoms with van der Waals surface area (Å²) in [7, 11) is 0. The molecule has 3 heteroatoms. The van der Waals surface area contributed by atoms with Gasteiger partial charge < -0.3 is 5.11 Å². The van der Waals surface area contributed by atoms with Crippen LogP contribution in [0.3, 0.4) is 0 Å². The van der Waals surface area contributed by atoms with Crippen LogP contribution in [0.4, 0.5) is 4.39 Å². The van der Waals surface area contributed by atoms with E-state index in [1.807, 2.05) is 0 Å². The first-order valence-corrected chi connectivity index (χ1v) is 6.50. The Hall–Kier alpha value is -1.38. The summed E-state index contributed by atoms with van der Waals surface area (Å²) in [6.07, 6.45) is 3.15. The van der Waals surface area contributed by atoms with Crippen LogP contribution in [0.2, 0.25) is 0 Å². The van der Waals surface area contributed by atoms with E-state index in [0.717, 1.165) is 18.4 Å². The van der Waals surface area contributed by atoms with Crippen molar-refractivity contribution < 1.29 is 14.3 Å². The Labute approximate surface area is 108 Å². The minimum absolute atomic E-state index is 0.307. The minimum Gasteiger partial charge on any atom is -0.481 e. The number of benzene rings is 1. The fourth-order valence-electron chi connectivity index (χ4n) is 2.32. The molecule has 0 fully saturated rings. The first kappa shape index (κ1) is 14.7. The van der Waals surface area contributed by atoms with Gasteiger partial charge in [-0.2, -0.15) is 0 Å². The van der Waals surface area contributed by atoms with Crippen molar-refractivity contribution in [3.63, 3.8) is 0 Å². The van der Waals surface area contributed by atoms with Gasteiger partial charge in [-0.3, -0.25) is 4.79 Å². The van der Waals surface area contributed by atoms with Crippen LogP contribution in [0.1, 0.15) is 38.7 Å². The normalized spacial score (nSPS) is 14.2. The molecule has 1 N–H and O–H groups in total. The molecular weight excluding hydrogens is 231 g/mol. The van der Waals surface area contributed by atoms with Gasteiger partial charge in [0.25, 0.3) is 0 Å². The zero-order valence-corrected chi connectivity index (χ0v) is 11.0. The molecule has 0 aliphatic rings. The van der Waals surface area contributed by atoms with E-state index < -0.39 is 11.9 Å². The standard InChI is InChI=1S/C15H21FO2/c1-3-5-11(2)8-13(15(17)18)9-12-6-4-7-14(16)10-12/h4,6-7,10-11,13H,3,5,8-9H2,1-2H3,(H,17,18). The topological polar surface area (TPSA) is 37.3 Å². The molecule has 0 saturated carbocycles. The Morgan fingerprint density at radius 1 is 1.44 bits per heavy atom. The molecule has 2 nitrogen and oxygen atoms in total. The first-order valence-electron chi connectivity index (χ1n) is 6.50. The number of hydrogen-bond donors (Lipinski definition) is 1. The van der Waals surface area contributed by atoms with Crippen molar-refractivity contribution in [1.29, 1.82) is 0 Å². The molecule has 0 spiro atoms. The van der Waals surface area contributed by atoms with Crippen LogP contribution in [-0.4, -0.2) is 11.1 Å². The van der Waals surface area contributed by atoms with E-state index in [1.165, 1.54) is 12.1 Å². The van der Waals surface area contributed by atoms with Crippen molar-refractivity contribution in [3.05, 3.63) is 35.6 Å². The van der Waals surface area contributed by atoms with Crippen LogP contribution in [-0.2, 0) is 11.2 Å². The zero-order valence-electron chi connectivity index (χ0n) is 11.0. The Kier molecular flexibility index (Phi) is 5.83. The van der Waals surface area contributed by atoms with Crippen LogP contribution in [0.15, 0.2) is 24.3 Å². The molecule has 100 valence electrons. The lowest BCUT2D eigenvalue weighted by atomic mass is 9.88. The number of carboxylic acid groups (broad SMARTS) is 1. The van der Waals surface area contributed by atoms with Gasteiger partial charge >= 0.3 is 5.97 Å². The van der Waals surface area contributed by atoms with Crippen molar-refractivity contribution in [3.8, 4) is 0 Å². The molecule has 18 heavy (non-hydrogen) atoms. The number of rotatable bonds is 7. The number of carbonyl (C=O) groups is 1. The highest BCUT2D eigenvalue weighted by Crippen LogP contribution is 2.21. The predicted octanol–water partition coefficient (Wildman–Crippen LogP) is 3.90. The van der Waals surface area contributed by atoms with Crippen molar-refractivity contribution >= 4 is 5.97 Å².